The minimum absolute atomic E-state index is 0.155. The Hall–Kier alpha value is -2.09. The average Bonchev–Trinajstić information content (AvgIpc) is 3.17. The van der Waals surface area contributed by atoms with Crippen molar-refractivity contribution >= 4 is 17.7 Å². The normalized spacial score (nSPS) is 14.9. The van der Waals surface area contributed by atoms with E-state index in [4.69, 9.17) is 4.74 Å². The van der Waals surface area contributed by atoms with Gasteiger partial charge in [0.05, 0.1) is 12.4 Å². The number of nitrogens with zero attached hydrogens (tertiary/aromatic N) is 5. The number of hydrogen-bond donors (Lipinski definition) is 0. The van der Waals surface area contributed by atoms with Crippen molar-refractivity contribution in [3.05, 3.63) is 24.3 Å². The Labute approximate surface area is 164 Å². The van der Waals surface area contributed by atoms with Crippen LogP contribution < -0.4 is 4.74 Å². The molecule has 146 valence electrons. The fourth-order valence-electron chi connectivity index (χ4n) is 3.57. The van der Waals surface area contributed by atoms with E-state index in [1.165, 1.54) is 31.0 Å². The summed E-state index contributed by atoms with van der Waals surface area (Å²) >= 11 is 1.37. The van der Waals surface area contributed by atoms with Crippen molar-refractivity contribution < 1.29 is 9.53 Å². The van der Waals surface area contributed by atoms with Crippen LogP contribution in [0, 0.1) is 0 Å². The lowest BCUT2D eigenvalue weighted by molar-refractivity contribution is -0.131. The highest BCUT2D eigenvalue weighted by Gasteiger charge is 2.24. The van der Waals surface area contributed by atoms with Gasteiger partial charge in [-0.05, 0) is 49.2 Å². The highest BCUT2D eigenvalue weighted by atomic mass is 32.2. The van der Waals surface area contributed by atoms with Crippen LogP contribution in [0.15, 0.2) is 29.4 Å². The number of tetrazole rings is 1. The molecule has 1 aromatic heterocycles. The third-order valence-electron chi connectivity index (χ3n) is 4.84. The fourth-order valence-corrected chi connectivity index (χ4v) is 4.34. The number of para-hydroxylation sites is 2. The van der Waals surface area contributed by atoms with Crippen molar-refractivity contribution in [1.82, 2.24) is 25.1 Å². The maximum atomic E-state index is 12.8. The average molecular weight is 390 g/mol. The number of carbonyl (C=O) groups excluding carboxylic acids is 1. The van der Waals surface area contributed by atoms with Crippen LogP contribution in [0.1, 0.15) is 46.0 Å². The lowest BCUT2D eigenvalue weighted by Gasteiger charge is -2.33. The number of thioether (sulfide) groups is 1. The summed E-state index contributed by atoms with van der Waals surface area (Å²) in [5.74, 6) is 1.21. The summed E-state index contributed by atoms with van der Waals surface area (Å²) in [6, 6.07) is 8.02. The van der Waals surface area contributed by atoms with Crippen molar-refractivity contribution in [2.75, 3.05) is 18.9 Å². The maximum Gasteiger partial charge on any atom is 0.233 e. The highest BCUT2D eigenvalue weighted by molar-refractivity contribution is 7.99. The molecule has 1 fully saturated rings. The van der Waals surface area contributed by atoms with Crippen LogP contribution in [0.3, 0.4) is 0 Å². The van der Waals surface area contributed by atoms with Gasteiger partial charge in [-0.2, -0.15) is 4.68 Å². The molecule has 1 aromatic carbocycles. The smallest absolute Gasteiger partial charge is 0.233 e. The summed E-state index contributed by atoms with van der Waals surface area (Å²) in [7, 11) is 0. The van der Waals surface area contributed by atoms with E-state index in [0.29, 0.717) is 23.6 Å². The molecule has 7 nitrogen and oxygen atoms in total. The first-order valence-corrected chi connectivity index (χ1v) is 10.7. The standard InChI is InChI=1S/C19H27N5O2S/c1-3-23(15-10-6-5-7-11-15)18(25)14-27-19-20-21-22-24(19)16-12-8-9-13-17(16)26-4-2/h8-9,12-13,15H,3-7,10-11,14H2,1-2H3. The van der Waals surface area contributed by atoms with E-state index >= 15 is 0 Å². The Bertz CT molecular complexity index is 745. The fraction of sp³-hybridized carbons (Fsp3) is 0.579. The van der Waals surface area contributed by atoms with Gasteiger partial charge in [0, 0.05) is 12.6 Å². The Morgan fingerprint density at radius 2 is 2.04 bits per heavy atom. The zero-order chi connectivity index (χ0) is 19.1. The van der Waals surface area contributed by atoms with Crippen molar-refractivity contribution in [2.24, 2.45) is 0 Å². The van der Waals surface area contributed by atoms with Gasteiger partial charge in [0.25, 0.3) is 0 Å². The molecule has 1 aliphatic rings. The molecule has 8 heteroatoms. The van der Waals surface area contributed by atoms with Gasteiger partial charge in [-0.3, -0.25) is 4.79 Å². The summed E-state index contributed by atoms with van der Waals surface area (Å²) in [5, 5.41) is 12.6. The number of ether oxygens (including phenoxy) is 1. The van der Waals surface area contributed by atoms with Gasteiger partial charge in [0.1, 0.15) is 11.4 Å². The van der Waals surface area contributed by atoms with E-state index < -0.39 is 0 Å². The highest BCUT2D eigenvalue weighted by Crippen LogP contribution is 2.27. The molecule has 1 amide bonds. The number of carbonyl (C=O) groups is 1. The molecule has 27 heavy (non-hydrogen) atoms. The maximum absolute atomic E-state index is 12.8. The van der Waals surface area contributed by atoms with Crippen molar-refractivity contribution in [3.8, 4) is 11.4 Å². The molecule has 0 unspecified atom stereocenters. The number of rotatable bonds is 8. The number of benzene rings is 1. The Morgan fingerprint density at radius 3 is 2.78 bits per heavy atom. The van der Waals surface area contributed by atoms with Gasteiger partial charge in [-0.15, -0.1) is 5.10 Å². The van der Waals surface area contributed by atoms with Gasteiger partial charge in [0.15, 0.2) is 0 Å². The summed E-state index contributed by atoms with van der Waals surface area (Å²) < 4.78 is 7.31. The van der Waals surface area contributed by atoms with Gasteiger partial charge < -0.3 is 9.64 Å². The Balaban J connectivity index is 1.69. The molecule has 2 aromatic rings. The van der Waals surface area contributed by atoms with E-state index in [9.17, 15) is 4.79 Å². The van der Waals surface area contributed by atoms with Crippen molar-refractivity contribution in [3.63, 3.8) is 0 Å². The molecule has 0 saturated heterocycles. The summed E-state index contributed by atoms with van der Waals surface area (Å²) in [6.45, 7) is 5.31. The first-order chi connectivity index (χ1) is 13.2. The SMILES string of the molecule is CCOc1ccccc1-n1nnnc1SCC(=O)N(CC)C1CCCCC1. The monoisotopic (exact) mass is 389 g/mol. The molecule has 1 saturated carbocycles. The van der Waals surface area contributed by atoms with Crippen LogP contribution in [-0.4, -0.2) is 56.0 Å². The molecule has 0 aliphatic heterocycles. The van der Waals surface area contributed by atoms with E-state index in [-0.39, 0.29) is 5.91 Å². The molecule has 1 aliphatic carbocycles. The third-order valence-corrected chi connectivity index (χ3v) is 5.74. The lowest BCUT2D eigenvalue weighted by Crippen LogP contribution is -2.42. The molecule has 0 N–H and O–H groups in total. The minimum atomic E-state index is 0.155. The molecule has 3 rings (SSSR count). The quantitative estimate of drug-likeness (QED) is 0.645. The largest absolute Gasteiger partial charge is 0.492 e. The minimum Gasteiger partial charge on any atom is -0.492 e. The van der Waals surface area contributed by atoms with E-state index in [1.807, 2.05) is 36.1 Å². The molecular formula is C19H27N5O2S. The second kappa shape index (κ2) is 9.73. The van der Waals surface area contributed by atoms with Crippen LogP contribution >= 0.6 is 11.8 Å². The van der Waals surface area contributed by atoms with Crippen LogP contribution in [0.4, 0.5) is 0 Å². The van der Waals surface area contributed by atoms with Crippen molar-refractivity contribution in [2.45, 2.75) is 57.1 Å². The molecule has 0 bridgehead atoms. The Morgan fingerprint density at radius 1 is 1.26 bits per heavy atom. The Kier molecular flexibility index (Phi) is 7.09. The zero-order valence-electron chi connectivity index (χ0n) is 16.0. The number of aromatic nitrogens is 4. The van der Waals surface area contributed by atoms with E-state index in [0.717, 1.165) is 30.8 Å². The van der Waals surface area contributed by atoms with Crippen LogP contribution in [0.5, 0.6) is 5.75 Å². The van der Waals surface area contributed by atoms with Gasteiger partial charge >= 0.3 is 0 Å². The molecule has 0 radical (unpaired) electrons. The molecular weight excluding hydrogens is 362 g/mol. The van der Waals surface area contributed by atoms with Crippen LogP contribution in [0.2, 0.25) is 0 Å². The van der Waals surface area contributed by atoms with Crippen LogP contribution in [0.25, 0.3) is 5.69 Å². The predicted molar refractivity (Wildman–Crippen MR) is 105 cm³/mol. The first-order valence-electron chi connectivity index (χ1n) is 9.67. The molecule has 1 heterocycles. The van der Waals surface area contributed by atoms with Gasteiger partial charge in [0.2, 0.25) is 11.1 Å². The summed E-state index contributed by atoms with van der Waals surface area (Å²) in [4.78, 5) is 14.8. The third kappa shape index (κ3) is 4.80. The van der Waals surface area contributed by atoms with Gasteiger partial charge in [-0.25, -0.2) is 0 Å². The molecule has 0 atom stereocenters. The van der Waals surface area contributed by atoms with E-state index in [1.54, 1.807) is 4.68 Å². The predicted octanol–water partition coefficient (Wildman–Crippen LogP) is 3.33. The second-order valence-electron chi connectivity index (χ2n) is 6.53. The summed E-state index contributed by atoms with van der Waals surface area (Å²) in [5.41, 5.74) is 0.777. The molecule has 0 spiro atoms. The summed E-state index contributed by atoms with van der Waals surface area (Å²) in [6.07, 6.45) is 5.94. The van der Waals surface area contributed by atoms with Crippen molar-refractivity contribution in [1.29, 1.82) is 0 Å². The number of amides is 1. The number of hydrogen-bond acceptors (Lipinski definition) is 6. The second-order valence-corrected chi connectivity index (χ2v) is 7.48. The topological polar surface area (TPSA) is 73.1 Å². The van der Waals surface area contributed by atoms with E-state index in [2.05, 4.69) is 22.4 Å². The van der Waals surface area contributed by atoms with Gasteiger partial charge in [-0.1, -0.05) is 43.2 Å². The first kappa shape index (κ1) is 19.7. The zero-order valence-corrected chi connectivity index (χ0v) is 16.8. The van der Waals surface area contributed by atoms with Crippen LogP contribution in [-0.2, 0) is 4.79 Å². The lowest BCUT2D eigenvalue weighted by atomic mass is 9.94.